The van der Waals surface area contributed by atoms with Gasteiger partial charge in [0, 0.05) is 17.4 Å². The number of aryl methyl sites for hydroxylation is 1. The maximum atomic E-state index is 5.95. The van der Waals surface area contributed by atoms with Crippen LogP contribution in [-0.4, -0.2) is 16.2 Å². The summed E-state index contributed by atoms with van der Waals surface area (Å²) in [5.74, 6) is 0. The zero-order chi connectivity index (χ0) is 25.3. The van der Waals surface area contributed by atoms with Crippen LogP contribution >= 0.6 is 0 Å². The molecule has 0 radical (unpaired) electrons. The Labute approximate surface area is 214 Å². The second-order valence-electron chi connectivity index (χ2n) is 8.67. The van der Waals surface area contributed by atoms with E-state index in [4.69, 9.17) is 9.83 Å². The van der Waals surface area contributed by atoms with Crippen molar-refractivity contribution in [1.29, 1.82) is 0 Å². The Morgan fingerprint density at radius 1 is 0.944 bits per heavy atom. The first-order valence-electron chi connectivity index (χ1n) is 12.4. The first-order valence-corrected chi connectivity index (χ1v) is 12.4. The molecule has 0 bridgehead atoms. The van der Waals surface area contributed by atoms with E-state index < -0.39 is 0 Å². The minimum Gasteiger partial charge on any atom is -0.391 e. The number of aromatic nitrogens is 2. The van der Waals surface area contributed by atoms with Crippen LogP contribution in [0.5, 0.6) is 0 Å². The Morgan fingerprint density at radius 2 is 1.72 bits per heavy atom. The molecule has 0 unspecified atom stereocenters. The first kappa shape index (κ1) is 24.9. The van der Waals surface area contributed by atoms with E-state index in [1.165, 1.54) is 16.7 Å². The maximum Gasteiger partial charge on any atom is 0.142 e. The molecule has 0 saturated heterocycles. The molecular formula is C32H33N3O. The molecule has 1 heterocycles. The van der Waals surface area contributed by atoms with Gasteiger partial charge in [-0.15, -0.1) is 5.10 Å². The zero-order valence-electron chi connectivity index (χ0n) is 21.5. The third-order valence-electron chi connectivity index (χ3n) is 6.18. The number of nitrogens with zero attached hydrogens (tertiary/aromatic N) is 3. The van der Waals surface area contributed by atoms with Crippen LogP contribution in [0.15, 0.2) is 102 Å². The second-order valence-corrected chi connectivity index (χ2v) is 8.67. The largest absolute Gasteiger partial charge is 0.391 e. The molecular weight excluding hydrogens is 442 g/mol. The van der Waals surface area contributed by atoms with Crippen molar-refractivity contribution < 1.29 is 4.84 Å². The fourth-order valence-electron chi connectivity index (χ4n) is 4.05. The van der Waals surface area contributed by atoms with Crippen LogP contribution < -0.4 is 4.84 Å². The van der Waals surface area contributed by atoms with Gasteiger partial charge in [0.2, 0.25) is 0 Å². The second kappa shape index (κ2) is 12.0. The van der Waals surface area contributed by atoms with Gasteiger partial charge in [0.1, 0.15) is 12.3 Å². The van der Waals surface area contributed by atoms with Gasteiger partial charge in [0.15, 0.2) is 0 Å². The van der Waals surface area contributed by atoms with Gasteiger partial charge < -0.3 is 4.84 Å². The summed E-state index contributed by atoms with van der Waals surface area (Å²) in [6.07, 6.45) is 8.92. The van der Waals surface area contributed by atoms with Gasteiger partial charge in [0.05, 0.1) is 11.9 Å². The molecule has 4 heteroatoms. The number of aliphatic imine (C=N–C) groups is 1. The molecule has 4 aromatic rings. The Bertz CT molecular complexity index is 1380. The summed E-state index contributed by atoms with van der Waals surface area (Å²) in [5, 5.41) is 4.36. The Morgan fingerprint density at radius 3 is 2.44 bits per heavy atom. The molecule has 0 aliphatic rings. The van der Waals surface area contributed by atoms with Gasteiger partial charge in [-0.05, 0) is 67.2 Å². The molecule has 0 amide bonds. The van der Waals surface area contributed by atoms with E-state index in [0.717, 1.165) is 40.1 Å². The summed E-state index contributed by atoms with van der Waals surface area (Å²) in [5.41, 5.74) is 10.0. The van der Waals surface area contributed by atoms with Crippen molar-refractivity contribution in [3.8, 4) is 11.3 Å². The van der Waals surface area contributed by atoms with Crippen molar-refractivity contribution in [2.24, 2.45) is 4.99 Å². The Hall–Kier alpha value is -4.18. The lowest BCUT2D eigenvalue weighted by atomic mass is 9.93. The van der Waals surface area contributed by atoms with Crippen LogP contribution in [0.4, 0.5) is 0 Å². The Balaban J connectivity index is 1.64. The molecule has 4 rings (SSSR count). The summed E-state index contributed by atoms with van der Waals surface area (Å²) in [6, 6.07) is 27.0. The third kappa shape index (κ3) is 5.89. The predicted octanol–water partition coefficient (Wildman–Crippen LogP) is 7.72. The van der Waals surface area contributed by atoms with E-state index in [9.17, 15) is 0 Å². The van der Waals surface area contributed by atoms with Crippen molar-refractivity contribution in [2.75, 3.05) is 0 Å². The molecule has 0 aliphatic heterocycles. The topological polar surface area (TPSA) is 39.4 Å². The van der Waals surface area contributed by atoms with Gasteiger partial charge in [-0.25, -0.2) is 0 Å². The summed E-state index contributed by atoms with van der Waals surface area (Å²) in [7, 11) is 0. The van der Waals surface area contributed by atoms with Gasteiger partial charge >= 0.3 is 0 Å². The highest BCUT2D eigenvalue weighted by Gasteiger charge is 2.12. The molecule has 1 aromatic heterocycles. The van der Waals surface area contributed by atoms with Crippen molar-refractivity contribution in [3.05, 3.63) is 125 Å². The van der Waals surface area contributed by atoms with Gasteiger partial charge in [-0.3, -0.25) is 4.99 Å². The van der Waals surface area contributed by atoms with E-state index in [2.05, 4.69) is 80.5 Å². The van der Waals surface area contributed by atoms with Crippen molar-refractivity contribution >= 4 is 17.9 Å². The minimum absolute atomic E-state index is 0.458. The lowest BCUT2D eigenvalue weighted by Crippen LogP contribution is -2.13. The molecule has 0 atom stereocenters. The third-order valence-corrected chi connectivity index (χ3v) is 6.18. The number of rotatable bonds is 9. The standard InChI is InChI=1S/C32H33N3O/c1-5-20-33-31(6-2)30(29-14-10-11-24(3)25(29)4)22-26-15-17-28(18-16-26)32-19-21-34-35(32)36-23-27-12-8-7-9-13-27/h6-22H,5,23H2,1-4H3/b30-22-,31-6-,33-20?. The van der Waals surface area contributed by atoms with Crippen molar-refractivity contribution in [3.63, 3.8) is 0 Å². The van der Waals surface area contributed by atoms with E-state index in [0.29, 0.717) is 6.61 Å². The van der Waals surface area contributed by atoms with E-state index in [1.54, 1.807) is 11.0 Å². The van der Waals surface area contributed by atoms with E-state index in [1.807, 2.05) is 49.5 Å². The molecule has 0 saturated carbocycles. The molecule has 4 nitrogen and oxygen atoms in total. The van der Waals surface area contributed by atoms with E-state index in [-0.39, 0.29) is 0 Å². The van der Waals surface area contributed by atoms with Gasteiger partial charge in [-0.1, -0.05) is 90.6 Å². The number of hydrogen-bond acceptors (Lipinski definition) is 3. The van der Waals surface area contributed by atoms with Gasteiger partial charge in [-0.2, -0.15) is 0 Å². The Kier molecular flexibility index (Phi) is 8.30. The predicted molar refractivity (Wildman–Crippen MR) is 151 cm³/mol. The molecule has 182 valence electrons. The van der Waals surface area contributed by atoms with Crippen LogP contribution in [0, 0.1) is 13.8 Å². The quantitative estimate of drug-likeness (QED) is 0.141. The van der Waals surface area contributed by atoms with E-state index >= 15 is 0 Å². The molecule has 3 aromatic carbocycles. The molecule has 36 heavy (non-hydrogen) atoms. The lowest BCUT2D eigenvalue weighted by Gasteiger charge is -2.14. The molecule has 0 spiro atoms. The highest BCUT2D eigenvalue weighted by molar-refractivity contribution is 5.93. The summed E-state index contributed by atoms with van der Waals surface area (Å²) >= 11 is 0. The van der Waals surface area contributed by atoms with Crippen LogP contribution in [-0.2, 0) is 6.61 Å². The SMILES string of the molecule is C/C=C(N=CCC)/C(=C\c1ccc(-c2ccnn2OCc2ccccc2)cc1)c1cccc(C)c1C. The first-order chi connectivity index (χ1) is 17.6. The monoisotopic (exact) mass is 475 g/mol. The summed E-state index contributed by atoms with van der Waals surface area (Å²) < 4.78 is 0. The smallest absolute Gasteiger partial charge is 0.142 e. The van der Waals surface area contributed by atoms with Crippen LogP contribution in [0.2, 0.25) is 0 Å². The lowest BCUT2D eigenvalue weighted by molar-refractivity contribution is 0.0737. The normalized spacial score (nSPS) is 12.3. The fraction of sp³-hybridized carbons (Fsp3) is 0.188. The maximum absolute atomic E-state index is 5.95. The number of hydrogen-bond donors (Lipinski definition) is 0. The molecule has 0 N–H and O–H groups in total. The fourth-order valence-corrected chi connectivity index (χ4v) is 4.05. The zero-order valence-corrected chi connectivity index (χ0v) is 21.5. The van der Waals surface area contributed by atoms with Crippen LogP contribution in [0.25, 0.3) is 22.9 Å². The average molecular weight is 476 g/mol. The summed E-state index contributed by atoms with van der Waals surface area (Å²) in [4.78, 5) is 12.3. The van der Waals surface area contributed by atoms with Crippen molar-refractivity contribution in [2.45, 2.75) is 40.7 Å². The highest BCUT2D eigenvalue weighted by Crippen LogP contribution is 2.31. The van der Waals surface area contributed by atoms with Crippen molar-refractivity contribution in [1.82, 2.24) is 9.94 Å². The van der Waals surface area contributed by atoms with Crippen LogP contribution in [0.3, 0.4) is 0 Å². The van der Waals surface area contributed by atoms with Crippen LogP contribution in [0.1, 0.15) is 48.1 Å². The molecule has 0 aliphatic carbocycles. The summed E-state index contributed by atoms with van der Waals surface area (Å²) in [6.45, 7) is 8.93. The van der Waals surface area contributed by atoms with Gasteiger partial charge in [0.25, 0.3) is 0 Å². The highest BCUT2D eigenvalue weighted by atomic mass is 16.7. The number of allylic oxidation sites excluding steroid dienone is 2. The average Bonchev–Trinajstić information content (AvgIpc) is 3.38. The number of benzene rings is 3. The minimum atomic E-state index is 0.458. The molecule has 0 fully saturated rings.